The number of allylic oxidation sites excluding steroid dienone is 1. The highest BCUT2D eigenvalue weighted by Gasteiger charge is 2.48. The van der Waals surface area contributed by atoms with E-state index >= 15 is 0 Å². The summed E-state index contributed by atoms with van der Waals surface area (Å²) in [6.07, 6.45) is 8.84. The second-order valence-corrected chi connectivity index (χ2v) is 8.73. The third-order valence-electron chi connectivity index (χ3n) is 6.91. The molecular weight excluding hydrogens is 378 g/mol. The van der Waals surface area contributed by atoms with Gasteiger partial charge in [-0.1, -0.05) is 32.8 Å². The number of nitrogens with zero attached hydrogens (tertiary/aromatic N) is 1. The van der Waals surface area contributed by atoms with Crippen molar-refractivity contribution in [1.82, 2.24) is 4.90 Å². The number of esters is 1. The molecule has 0 radical (unpaired) electrons. The van der Waals surface area contributed by atoms with Gasteiger partial charge >= 0.3 is 5.97 Å². The molecule has 0 unspecified atom stereocenters. The summed E-state index contributed by atoms with van der Waals surface area (Å²) < 4.78 is 16.9. The maximum atomic E-state index is 12.8. The molecule has 1 aromatic rings. The standard InChI is InChI=1S/C25H37NO4/c1-6-8-18(9-7-2)24(27)30-20-12-13-25(14-15-26(3)23(25)17-20)19-10-11-21(28-4)22(16-19)29-5/h10-11,16-18,23H,6-9,12-15H2,1-5H3/t23-,25-/m0/s1. The van der Waals surface area contributed by atoms with Crippen molar-refractivity contribution in [1.29, 1.82) is 0 Å². The number of likely N-dealkylation sites (N-methyl/N-ethyl adjacent to an activating group) is 1. The maximum Gasteiger partial charge on any atom is 0.313 e. The minimum absolute atomic E-state index is 0.0104. The fraction of sp³-hybridized carbons (Fsp3) is 0.640. The van der Waals surface area contributed by atoms with Crippen molar-refractivity contribution in [3.8, 4) is 11.5 Å². The topological polar surface area (TPSA) is 48.0 Å². The summed E-state index contributed by atoms with van der Waals surface area (Å²) in [5, 5.41) is 0. The number of carbonyl (C=O) groups is 1. The molecule has 1 aliphatic carbocycles. The first-order valence-electron chi connectivity index (χ1n) is 11.3. The molecule has 0 amide bonds. The summed E-state index contributed by atoms with van der Waals surface area (Å²) in [5.74, 6) is 2.32. The van der Waals surface area contributed by atoms with E-state index in [9.17, 15) is 4.79 Å². The number of hydrogen-bond donors (Lipinski definition) is 0. The molecule has 30 heavy (non-hydrogen) atoms. The molecule has 0 aromatic heterocycles. The van der Waals surface area contributed by atoms with Gasteiger partial charge in [-0.3, -0.25) is 9.69 Å². The van der Waals surface area contributed by atoms with Gasteiger partial charge in [-0.2, -0.15) is 0 Å². The number of fused-ring (bicyclic) bond motifs is 1. The van der Waals surface area contributed by atoms with Crippen molar-refractivity contribution in [3.63, 3.8) is 0 Å². The number of ether oxygens (including phenoxy) is 3. The summed E-state index contributed by atoms with van der Waals surface area (Å²) >= 11 is 0. The lowest BCUT2D eigenvalue weighted by Gasteiger charge is -2.40. The molecule has 1 aromatic carbocycles. The van der Waals surface area contributed by atoms with Crippen molar-refractivity contribution in [3.05, 3.63) is 35.6 Å². The van der Waals surface area contributed by atoms with Gasteiger partial charge in [0.2, 0.25) is 0 Å². The average molecular weight is 416 g/mol. The van der Waals surface area contributed by atoms with Gasteiger partial charge in [0.1, 0.15) is 5.76 Å². The lowest BCUT2D eigenvalue weighted by Crippen LogP contribution is -2.42. The molecule has 0 spiro atoms. The molecule has 2 atom stereocenters. The van der Waals surface area contributed by atoms with Gasteiger partial charge in [-0.15, -0.1) is 0 Å². The molecule has 3 rings (SSSR count). The smallest absolute Gasteiger partial charge is 0.313 e. The zero-order chi connectivity index (χ0) is 21.7. The van der Waals surface area contributed by atoms with Gasteiger partial charge in [0.25, 0.3) is 0 Å². The second kappa shape index (κ2) is 9.86. The van der Waals surface area contributed by atoms with E-state index in [0.29, 0.717) is 0 Å². The van der Waals surface area contributed by atoms with Crippen molar-refractivity contribution in [2.75, 3.05) is 27.8 Å². The third-order valence-corrected chi connectivity index (χ3v) is 6.91. The van der Waals surface area contributed by atoms with Crippen LogP contribution in [0.3, 0.4) is 0 Å². The summed E-state index contributed by atoms with van der Waals surface area (Å²) in [4.78, 5) is 15.1. The van der Waals surface area contributed by atoms with Crippen molar-refractivity contribution < 1.29 is 19.0 Å². The highest BCUT2D eigenvalue weighted by Crippen LogP contribution is 2.49. The molecule has 1 saturated heterocycles. The number of benzene rings is 1. The van der Waals surface area contributed by atoms with Crippen molar-refractivity contribution in [2.24, 2.45) is 5.92 Å². The zero-order valence-corrected chi connectivity index (χ0v) is 19.2. The van der Waals surface area contributed by atoms with Gasteiger partial charge in [0.15, 0.2) is 11.5 Å². The summed E-state index contributed by atoms with van der Waals surface area (Å²) in [6, 6.07) is 6.49. The van der Waals surface area contributed by atoms with Crippen LogP contribution < -0.4 is 9.47 Å². The maximum absolute atomic E-state index is 12.8. The highest BCUT2D eigenvalue weighted by molar-refractivity contribution is 5.73. The van der Waals surface area contributed by atoms with Crippen LogP contribution in [0.15, 0.2) is 30.0 Å². The quantitative estimate of drug-likeness (QED) is 0.526. The molecule has 1 heterocycles. The Hall–Kier alpha value is -2.01. The van der Waals surface area contributed by atoms with Crippen molar-refractivity contribution >= 4 is 5.97 Å². The number of hydrogen-bond acceptors (Lipinski definition) is 5. The Balaban J connectivity index is 1.85. The van der Waals surface area contributed by atoms with Crippen LogP contribution in [0.4, 0.5) is 0 Å². The van der Waals surface area contributed by atoms with Crippen LogP contribution in [0.1, 0.15) is 64.4 Å². The average Bonchev–Trinajstić information content (AvgIpc) is 3.10. The van der Waals surface area contributed by atoms with Crippen LogP contribution in [-0.2, 0) is 14.9 Å². The molecule has 1 fully saturated rings. The Kier molecular flexibility index (Phi) is 7.45. The number of methoxy groups -OCH3 is 2. The molecule has 2 aliphatic rings. The van der Waals surface area contributed by atoms with E-state index < -0.39 is 0 Å². The fourth-order valence-corrected chi connectivity index (χ4v) is 5.23. The first kappa shape index (κ1) is 22.7. The van der Waals surface area contributed by atoms with E-state index in [1.54, 1.807) is 14.2 Å². The van der Waals surface area contributed by atoms with Crippen LogP contribution in [0.2, 0.25) is 0 Å². The highest BCUT2D eigenvalue weighted by atomic mass is 16.5. The molecule has 0 saturated carbocycles. The molecule has 1 aliphatic heterocycles. The molecular formula is C25H37NO4. The van der Waals surface area contributed by atoms with E-state index in [2.05, 4.69) is 44.0 Å². The van der Waals surface area contributed by atoms with Crippen LogP contribution in [0, 0.1) is 5.92 Å². The van der Waals surface area contributed by atoms with E-state index in [0.717, 1.165) is 68.7 Å². The Morgan fingerprint density at radius 3 is 2.47 bits per heavy atom. The second-order valence-electron chi connectivity index (χ2n) is 8.73. The van der Waals surface area contributed by atoms with E-state index in [4.69, 9.17) is 14.2 Å². The van der Waals surface area contributed by atoms with E-state index in [-0.39, 0.29) is 23.3 Å². The van der Waals surface area contributed by atoms with Gasteiger partial charge in [-0.05, 0) is 63.0 Å². The Labute approximate surface area is 181 Å². The van der Waals surface area contributed by atoms with Gasteiger partial charge < -0.3 is 14.2 Å². The molecule has 0 N–H and O–H groups in total. The Morgan fingerprint density at radius 2 is 1.83 bits per heavy atom. The molecule has 5 nitrogen and oxygen atoms in total. The number of rotatable bonds is 9. The number of likely N-dealkylation sites (tertiary alicyclic amines) is 1. The molecule has 0 bridgehead atoms. The van der Waals surface area contributed by atoms with Gasteiger partial charge in [0, 0.05) is 17.9 Å². The van der Waals surface area contributed by atoms with Gasteiger partial charge in [0.05, 0.1) is 20.1 Å². The zero-order valence-electron chi connectivity index (χ0n) is 19.2. The lowest BCUT2D eigenvalue weighted by atomic mass is 9.68. The Bertz CT molecular complexity index is 768. The Morgan fingerprint density at radius 1 is 1.13 bits per heavy atom. The minimum Gasteiger partial charge on any atom is -0.493 e. The SMILES string of the molecule is CCCC(CCC)C(=O)OC1=C[C@@H]2N(C)CC[C@]2(c2ccc(OC)c(OC)c2)CC1. The van der Waals surface area contributed by atoms with E-state index in [1.165, 1.54) is 5.56 Å². The first-order chi connectivity index (χ1) is 14.5. The summed E-state index contributed by atoms with van der Waals surface area (Å²) in [5.41, 5.74) is 1.28. The van der Waals surface area contributed by atoms with E-state index in [1.807, 2.05) is 6.07 Å². The van der Waals surface area contributed by atoms with Crippen LogP contribution in [-0.4, -0.2) is 44.7 Å². The largest absolute Gasteiger partial charge is 0.493 e. The number of carbonyl (C=O) groups excluding carboxylic acids is 1. The molecule has 166 valence electrons. The predicted molar refractivity (Wildman–Crippen MR) is 119 cm³/mol. The fourth-order valence-electron chi connectivity index (χ4n) is 5.23. The normalized spacial score (nSPS) is 23.8. The minimum atomic E-state index is -0.0517. The van der Waals surface area contributed by atoms with Crippen LogP contribution in [0.5, 0.6) is 11.5 Å². The third kappa shape index (κ3) is 4.36. The first-order valence-corrected chi connectivity index (χ1v) is 11.3. The predicted octanol–water partition coefficient (Wildman–Crippen LogP) is 5.08. The van der Waals surface area contributed by atoms with Crippen molar-refractivity contribution in [2.45, 2.75) is 70.3 Å². The van der Waals surface area contributed by atoms with Crippen LogP contribution in [0.25, 0.3) is 0 Å². The van der Waals surface area contributed by atoms with Gasteiger partial charge in [-0.25, -0.2) is 0 Å². The monoisotopic (exact) mass is 415 g/mol. The van der Waals surface area contributed by atoms with Crippen LogP contribution >= 0.6 is 0 Å². The summed E-state index contributed by atoms with van der Waals surface area (Å²) in [6.45, 7) is 5.27. The molecule has 5 heteroatoms. The lowest BCUT2D eigenvalue weighted by molar-refractivity contribution is -0.145. The summed E-state index contributed by atoms with van der Waals surface area (Å²) in [7, 11) is 5.50.